The minimum absolute atomic E-state index is 0.481. The first kappa shape index (κ1) is 20.6. The molecular formula is C21H29ClN2O2. The third kappa shape index (κ3) is 6.52. The lowest BCUT2D eigenvalue weighted by Crippen LogP contribution is -2.31. The van der Waals surface area contributed by atoms with E-state index in [0.29, 0.717) is 6.61 Å². The van der Waals surface area contributed by atoms with Crippen molar-refractivity contribution < 1.29 is 9.47 Å². The fourth-order valence-corrected chi connectivity index (χ4v) is 2.82. The zero-order chi connectivity index (χ0) is 18.8. The predicted octanol–water partition coefficient (Wildman–Crippen LogP) is 4.36. The highest BCUT2D eigenvalue weighted by Gasteiger charge is 2.07. The van der Waals surface area contributed by atoms with Gasteiger partial charge in [-0.3, -0.25) is 0 Å². The van der Waals surface area contributed by atoms with E-state index in [9.17, 15) is 0 Å². The van der Waals surface area contributed by atoms with Crippen LogP contribution in [0.5, 0.6) is 11.5 Å². The van der Waals surface area contributed by atoms with Crippen molar-refractivity contribution in [1.29, 1.82) is 0 Å². The summed E-state index contributed by atoms with van der Waals surface area (Å²) in [6.45, 7) is 9.89. The zero-order valence-corrected chi connectivity index (χ0v) is 16.7. The molecule has 2 rings (SSSR count). The van der Waals surface area contributed by atoms with Crippen LogP contribution in [0.2, 0.25) is 5.02 Å². The Morgan fingerprint density at radius 1 is 0.962 bits per heavy atom. The summed E-state index contributed by atoms with van der Waals surface area (Å²) in [5, 5.41) is 4.21. The van der Waals surface area contributed by atoms with E-state index in [2.05, 4.69) is 30.1 Å². The van der Waals surface area contributed by atoms with Gasteiger partial charge < -0.3 is 19.7 Å². The summed E-state index contributed by atoms with van der Waals surface area (Å²) in [6, 6.07) is 13.7. The SMILES string of the molecule is CCN(CC)CCNCc1ccc(OCc2ccc(Cl)cc2)c(OC)c1. The standard InChI is InChI=1S/C21H29ClN2O2/c1-4-24(5-2)13-12-23-15-18-8-11-20(21(14-18)25-3)26-16-17-6-9-19(22)10-7-17/h6-11,14,23H,4-5,12-13,15-16H2,1-3H3. The molecule has 0 saturated carbocycles. The van der Waals surface area contributed by atoms with Crippen molar-refractivity contribution in [3.8, 4) is 11.5 Å². The van der Waals surface area contributed by atoms with Crippen LogP contribution in [0.15, 0.2) is 42.5 Å². The quantitative estimate of drug-likeness (QED) is 0.591. The van der Waals surface area contributed by atoms with Crippen molar-refractivity contribution in [2.75, 3.05) is 33.3 Å². The Balaban J connectivity index is 1.87. The first-order valence-electron chi connectivity index (χ1n) is 9.13. The van der Waals surface area contributed by atoms with Gasteiger partial charge in [0.15, 0.2) is 11.5 Å². The minimum atomic E-state index is 0.481. The number of likely N-dealkylation sites (N-methyl/N-ethyl adjacent to an activating group) is 1. The predicted molar refractivity (Wildman–Crippen MR) is 108 cm³/mol. The summed E-state index contributed by atoms with van der Waals surface area (Å²) in [6.07, 6.45) is 0. The molecule has 0 bridgehead atoms. The maximum absolute atomic E-state index is 5.91. The molecule has 4 nitrogen and oxygen atoms in total. The number of benzene rings is 2. The summed E-state index contributed by atoms with van der Waals surface area (Å²) in [7, 11) is 1.67. The number of halogens is 1. The second kappa shape index (κ2) is 11.1. The molecule has 1 N–H and O–H groups in total. The van der Waals surface area contributed by atoms with Crippen LogP contribution < -0.4 is 14.8 Å². The molecule has 0 atom stereocenters. The van der Waals surface area contributed by atoms with E-state index in [-0.39, 0.29) is 0 Å². The number of nitrogens with one attached hydrogen (secondary N) is 1. The van der Waals surface area contributed by atoms with Crippen LogP contribution in [0.25, 0.3) is 0 Å². The van der Waals surface area contributed by atoms with Crippen molar-refractivity contribution >= 4 is 11.6 Å². The molecule has 0 heterocycles. The van der Waals surface area contributed by atoms with Gasteiger partial charge >= 0.3 is 0 Å². The second-order valence-electron chi connectivity index (χ2n) is 6.10. The summed E-state index contributed by atoms with van der Waals surface area (Å²) in [5.74, 6) is 1.50. The number of hydrogen-bond acceptors (Lipinski definition) is 4. The molecule has 142 valence electrons. The third-order valence-corrected chi connectivity index (χ3v) is 4.62. The molecule has 0 unspecified atom stereocenters. The smallest absolute Gasteiger partial charge is 0.161 e. The number of rotatable bonds is 11. The van der Waals surface area contributed by atoms with E-state index in [4.69, 9.17) is 21.1 Å². The molecule has 0 radical (unpaired) electrons. The first-order chi connectivity index (χ1) is 12.7. The van der Waals surface area contributed by atoms with Crippen molar-refractivity contribution in [2.24, 2.45) is 0 Å². The second-order valence-corrected chi connectivity index (χ2v) is 6.54. The average Bonchev–Trinajstić information content (AvgIpc) is 2.68. The van der Waals surface area contributed by atoms with Gasteiger partial charge in [0.25, 0.3) is 0 Å². The minimum Gasteiger partial charge on any atom is -0.493 e. The molecule has 0 spiro atoms. The molecular weight excluding hydrogens is 348 g/mol. The van der Waals surface area contributed by atoms with Crippen LogP contribution in [-0.4, -0.2) is 38.2 Å². The van der Waals surface area contributed by atoms with E-state index in [1.54, 1.807) is 7.11 Å². The van der Waals surface area contributed by atoms with Gasteiger partial charge in [0.05, 0.1) is 7.11 Å². The molecule has 0 aliphatic rings. The van der Waals surface area contributed by atoms with Gasteiger partial charge in [-0.25, -0.2) is 0 Å². The van der Waals surface area contributed by atoms with Crippen LogP contribution in [0.4, 0.5) is 0 Å². The number of ether oxygens (including phenoxy) is 2. The van der Waals surface area contributed by atoms with E-state index < -0.39 is 0 Å². The monoisotopic (exact) mass is 376 g/mol. The first-order valence-corrected chi connectivity index (χ1v) is 9.51. The maximum Gasteiger partial charge on any atom is 0.161 e. The summed E-state index contributed by atoms with van der Waals surface area (Å²) < 4.78 is 11.4. The Bertz CT molecular complexity index is 658. The van der Waals surface area contributed by atoms with Gasteiger partial charge in [0.1, 0.15) is 6.61 Å². The lowest BCUT2D eigenvalue weighted by Gasteiger charge is -2.18. The molecule has 2 aromatic rings. The van der Waals surface area contributed by atoms with Gasteiger partial charge in [-0.05, 0) is 48.5 Å². The van der Waals surface area contributed by atoms with Crippen LogP contribution in [-0.2, 0) is 13.2 Å². The lowest BCUT2D eigenvalue weighted by molar-refractivity contribution is 0.284. The number of nitrogens with zero attached hydrogens (tertiary/aromatic N) is 1. The third-order valence-electron chi connectivity index (χ3n) is 4.36. The largest absolute Gasteiger partial charge is 0.493 e. The fraction of sp³-hybridized carbons (Fsp3) is 0.429. The maximum atomic E-state index is 5.91. The van der Waals surface area contributed by atoms with Gasteiger partial charge in [-0.2, -0.15) is 0 Å². The Labute approximate surface area is 162 Å². The van der Waals surface area contributed by atoms with Gasteiger partial charge in [0.2, 0.25) is 0 Å². The van der Waals surface area contributed by atoms with Crippen molar-refractivity contribution in [1.82, 2.24) is 10.2 Å². The normalized spacial score (nSPS) is 11.0. The fourth-order valence-electron chi connectivity index (χ4n) is 2.69. The molecule has 26 heavy (non-hydrogen) atoms. The summed E-state index contributed by atoms with van der Waals surface area (Å²) >= 11 is 5.91. The Morgan fingerprint density at radius 3 is 2.31 bits per heavy atom. The molecule has 0 fully saturated rings. The summed E-state index contributed by atoms with van der Waals surface area (Å²) in [5.41, 5.74) is 2.25. The highest BCUT2D eigenvalue weighted by atomic mass is 35.5. The number of hydrogen-bond donors (Lipinski definition) is 1. The van der Waals surface area contributed by atoms with Crippen molar-refractivity contribution in [3.63, 3.8) is 0 Å². The Hall–Kier alpha value is -1.75. The van der Waals surface area contributed by atoms with Crippen LogP contribution >= 0.6 is 11.6 Å². The summed E-state index contributed by atoms with van der Waals surface area (Å²) in [4.78, 5) is 2.40. The van der Waals surface area contributed by atoms with E-state index in [1.807, 2.05) is 36.4 Å². The topological polar surface area (TPSA) is 33.7 Å². The van der Waals surface area contributed by atoms with Crippen LogP contribution in [0.1, 0.15) is 25.0 Å². The van der Waals surface area contributed by atoms with Gasteiger partial charge in [-0.1, -0.05) is 43.6 Å². The van der Waals surface area contributed by atoms with E-state index >= 15 is 0 Å². The van der Waals surface area contributed by atoms with Crippen LogP contribution in [0, 0.1) is 0 Å². The molecule has 2 aromatic carbocycles. The van der Waals surface area contributed by atoms with Gasteiger partial charge in [-0.15, -0.1) is 0 Å². The molecule has 0 aliphatic heterocycles. The molecule has 0 saturated heterocycles. The van der Waals surface area contributed by atoms with E-state index in [1.165, 1.54) is 5.56 Å². The molecule has 0 amide bonds. The zero-order valence-electron chi connectivity index (χ0n) is 15.9. The van der Waals surface area contributed by atoms with Crippen molar-refractivity contribution in [3.05, 3.63) is 58.6 Å². The Morgan fingerprint density at radius 2 is 1.65 bits per heavy atom. The molecule has 0 aromatic heterocycles. The van der Waals surface area contributed by atoms with Crippen molar-refractivity contribution in [2.45, 2.75) is 27.0 Å². The number of methoxy groups -OCH3 is 1. The highest BCUT2D eigenvalue weighted by Crippen LogP contribution is 2.29. The molecule has 5 heteroatoms. The van der Waals surface area contributed by atoms with Crippen LogP contribution in [0.3, 0.4) is 0 Å². The average molecular weight is 377 g/mol. The van der Waals surface area contributed by atoms with Gasteiger partial charge in [0, 0.05) is 24.7 Å². The van der Waals surface area contributed by atoms with E-state index in [0.717, 1.165) is 54.8 Å². The molecule has 0 aliphatic carbocycles. The lowest BCUT2D eigenvalue weighted by atomic mass is 10.2. The Kier molecular flexibility index (Phi) is 8.75. The highest BCUT2D eigenvalue weighted by molar-refractivity contribution is 6.30.